The van der Waals surface area contributed by atoms with Crippen molar-refractivity contribution in [1.29, 1.82) is 10.7 Å². The van der Waals surface area contributed by atoms with E-state index in [1.165, 1.54) is 0 Å². The molecule has 0 radical (unpaired) electrons. The third-order valence-electron chi connectivity index (χ3n) is 4.38. The normalized spacial score (nSPS) is 12.8. The smallest absolute Gasteiger partial charge is 0.194 e. The lowest BCUT2D eigenvalue weighted by Crippen LogP contribution is -2.17. The molecule has 1 atom stereocenters. The summed E-state index contributed by atoms with van der Waals surface area (Å²) in [6.07, 6.45) is 7.25. The highest BCUT2D eigenvalue weighted by Crippen LogP contribution is 2.22. The van der Waals surface area contributed by atoms with E-state index >= 15 is 0 Å². The fourth-order valence-electron chi connectivity index (χ4n) is 2.58. The van der Waals surface area contributed by atoms with Crippen molar-refractivity contribution in [3.63, 3.8) is 0 Å². The number of Topliss-reactive ketones (excluding diaryl/α,β-unsaturated/α-hetero) is 1. The number of hydrogen-bond donors (Lipinski definition) is 1. The van der Waals surface area contributed by atoms with Gasteiger partial charge in [0.15, 0.2) is 5.78 Å². The molecule has 27 heavy (non-hydrogen) atoms. The van der Waals surface area contributed by atoms with Crippen molar-refractivity contribution in [2.45, 2.75) is 40.0 Å². The first-order valence-corrected chi connectivity index (χ1v) is 9.11. The highest BCUT2D eigenvalue weighted by Gasteiger charge is 2.20. The van der Waals surface area contributed by atoms with Crippen LogP contribution in [0.3, 0.4) is 0 Å². The summed E-state index contributed by atoms with van der Waals surface area (Å²) in [6, 6.07) is 7.05. The van der Waals surface area contributed by atoms with Crippen LogP contribution in [0.2, 0.25) is 0 Å². The quantitative estimate of drug-likeness (QED) is 0.253. The number of rotatable bonds is 10. The lowest BCUT2D eigenvalue weighted by molar-refractivity contribution is 0.104. The van der Waals surface area contributed by atoms with Gasteiger partial charge in [-0.2, -0.15) is 5.26 Å². The van der Waals surface area contributed by atoms with Crippen LogP contribution < -0.4 is 0 Å². The van der Waals surface area contributed by atoms with Gasteiger partial charge < -0.3 is 5.41 Å². The zero-order chi connectivity index (χ0) is 20.4. The summed E-state index contributed by atoms with van der Waals surface area (Å²) >= 11 is 0. The Balaban J connectivity index is 3.65. The molecule has 1 unspecified atom stereocenters. The van der Waals surface area contributed by atoms with Crippen LogP contribution in [0, 0.1) is 22.7 Å². The second-order valence-corrected chi connectivity index (χ2v) is 6.35. The molecule has 0 heterocycles. The zero-order valence-corrected chi connectivity index (χ0v) is 16.4. The number of nitrogens with zero attached hydrogens (tertiary/aromatic N) is 2. The van der Waals surface area contributed by atoms with Crippen molar-refractivity contribution in [2.75, 3.05) is 0 Å². The van der Waals surface area contributed by atoms with E-state index in [9.17, 15) is 10.1 Å². The van der Waals surface area contributed by atoms with Gasteiger partial charge in [-0.1, -0.05) is 52.5 Å². The minimum atomic E-state index is -0.366. The first-order chi connectivity index (χ1) is 12.9. The van der Waals surface area contributed by atoms with Crippen molar-refractivity contribution in [3.8, 4) is 6.07 Å². The Hall–Kier alpha value is -3.06. The van der Waals surface area contributed by atoms with E-state index in [0.717, 1.165) is 36.8 Å². The molecule has 4 nitrogen and oxygen atoms in total. The maximum Gasteiger partial charge on any atom is 0.194 e. The van der Waals surface area contributed by atoms with Gasteiger partial charge in [-0.25, -0.2) is 0 Å². The van der Waals surface area contributed by atoms with Crippen LogP contribution in [0.1, 0.15) is 61.5 Å². The summed E-state index contributed by atoms with van der Waals surface area (Å²) in [7, 11) is 0. The maximum atomic E-state index is 12.7. The first-order valence-electron chi connectivity index (χ1n) is 9.11. The Labute approximate surface area is 162 Å². The molecule has 0 aliphatic rings. The highest BCUT2D eigenvalue weighted by molar-refractivity contribution is 6.24. The van der Waals surface area contributed by atoms with Crippen LogP contribution in [0.5, 0.6) is 0 Å². The molecule has 0 bridgehead atoms. The van der Waals surface area contributed by atoms with Crippen LogP contribution in [-0.2, 0) is 0 Å². The van der Waals surface area contributed by atoms with Gasteiger partial charge in [-0.15, -0.1) is 0 Å². The second kappa shape index (κ2) is 10.8. The number of hydrogen-bond acceptors (Lipinski definition) is 4. The molecule has 0 fully saturated rings. The number of allylic oxidation sites excluding steroid dienone is 3. The molecule has 0 saturated heterocycles. The molecule has 140 valence electrons. The van der Waals surface area contributed by atoms with Gasteiger partial charge >= 0.3 is 0 Å². The minimum Gasteiger partial charge on any atom is -0.308 e. The van der Waals surface area contributed by atoms with E-state index in [1.54, 1.807) is 30.5 Å². The molecule has 1 N–H and O–H groups in total. The standard InChI is InChI=1S/C23H27N3O/c1-6-9-18(8-3)15-26-22(16(4)7-2)20-11-10-19(14-25)12-21(20)23(27)17(5)13-24/h8,10-13,15-16,24H,3,5-7,9H2,1-2,4H3/b18-15+,24-13?,26-22?. The van der Waals surface area contributed by atoms with Crippen molar-refractivity contribution >= 4 is 17.7 Å². The molecule has 0 aliphatic carbocycles. The predicted molar refractivity (Wildman–Crippen MR) is 113 cm³/mol. The monoisotopic (exact) mass is 361 g/mol. The second-order valence-electron chi connectivity index (χ2n) is 6.35. The Morgan fingerprint density at radius 2 is 2.07 bits per heavy atom. The molecule has 0 spiro atoms. The average Bonchev–Trinajstić information content (AvgIpc) is 2.71. The molecule has 1 aromatic carbocycles. The Morgan fingerprint density at radius 1 is 1.37 bits per heavy atom. The average molecular weight is 361 g/mol. The zero-order valence-electron chi connectivity index (χ0n) is 16.4. The number of nitriles is 1. The lowest BCUT2D eigenvalue weighted by Gasteiger charge is -2.16. The predicted octanol–water partition coefficient (Wildman–Crippen LogP) is 5.65. The summed E-state index contributed by atoms with van der Waals surface area (Å²) in [6.45, 7) is 13.7. The van der Waals surface area contributed by atoms with Gasteiger partial charge in [0.05, 0.1) is 17.3 Å². The van der Waals surface area contributed by atoms with Crippen LogP contribution in [-0.4, -0.2) is 17.7 Å². The number of aliphatic imine (C=N–C) groups is 1. The van der Waals surface area contributed by atoms with Gasteiger partial charge in [0.25, 0.3) is 0 Å². The molecule has 4 heteroatoms. The summed E-state index contributed by atoms with van der Waals surface area (Å²) < 4.78 is 0. The van der Waals surface area contributed by atoms with Crippen LogP contribution in [0.25, 0.3) is 0 Å². The number of carbonyl (C=O) groups is 1. The van der Waals surface area contributed by atoms with Gasteiger partial charge in [0, 0.05) is 29.1 Å². The highest BCUT2D eigenvalue weighted by atomic mass is 16.1. The molecular weight excluding hydrogens is 334 g/mol. The number of ketones is 1. The summed E-state index contributed by atoms with van der Waals surface area (Å²) in [5.41, 5.74) is 3.29. The molecule has 1 aromatic rings. The number of carbonyl (C=O) groups excluding carboxylic acids is 1. The topological polar surface area (TPSA) is 77.1 Å². The van der Waals surface area contributed by atoms with E-state index in [2.05, 4.69) is 40.0 Å². The van der Waals surface area contributed by atoms with Crippen molar-refractivity contribution in [1.82, 2.24) is 0 Å². The van der Waals surface area contributed by atoms with Crippen LogP contribution in [0.15, 0.2) is 59.8 Å². The van der Waals surface area contributed by atoms with Crippen molar-refractivity contribution in [3.05, 3.63) is 71.5 Å². The molecule has 0 aliphatic heterocycles. The fraction of sp³-hybridized carbons (Fsp3) is 0.304. The minimum absolute atomic E-state index is 0.0724. The Kier molecular flexibility index (Phi) is 8.81. The Morgan fingerprint density at radius 3 is 2.59 bits per heavy atom. The van der Waals surface area contributed by atoms with Gasteiger partial charge in [0.1, 0.15) is 0 Å². The van der Waals surface area contributed by atoms with E-state index in [0.29, 0.717) is 16.7 Å². The van der Waals surface area contributed by atoms with Crippen LogP contribution in [0.4, 0.5) is 0 Å². The molecule has 0 amide bonds. The largest absolute Gasteiger partial charge is 0.308 e. The molecule has 0 saturated carbocycles. The SMILES string of the molecule is C=C/C(=C\N=C(c1ccc(C#N)cc1C(=O)C(=C)C=N)C(C)CC)CCC. The fourth-order valence-corrected chi connectivity index (χ4v) is 2.58. The third kappa shape index (κ3) is 5.72. The summed E-state index contributed by atoms with van der Waals surface area (Å²) in [5.74, 6) is -0.253. The molecular formula is C23H27N3O. The Bertz CT molecular complexity index is 838. The summed E-state index contributed by atoms with van der Waals surface area (Å²) in [5, 5.41) is 16.5. The number of nitrogens with one attached hydrogen (secondary N) is 1. The van der Waals surface area contributed by atoms with Gasteiger partial charge in [-0.05, 0) is 36.5 Å². The van der Waals surface area contributed by atoms with E-state index < -0.39 is 0 Å². The summed E-state index contributed by atoms with van der Waals surface area (Å²) in [4.78, 5) is 17.4. The first kappa shape index (κ1) is 22.0. The maximum absolute atomic E-state index is 12.7. The van der Waals surface area contributed by atoms with Gasteiger partial charge in [-0.3, -0.25) is 9.79 Å². The number of benzene rings is 1. The van der Waals surface area contributed by atoms with Crippen molar-refractivity contribution in [2.24, 2.45) is 10.9 Å². The van der Waals surface area contributed by atoms with E-state index in [4.69, 9.17) is 10.4 Å². The van der Waals surface area contributed by atoms with Crippen molar-refractivity contribution < 1.29 is 4.79 Å². The molecule has 0 aromatic heterocycles. The van der Waals surface area contributed by atoms with E-state index in [-0.39, 0.29) is 17.3 Å². The van der Waals surface area contributed by atoms with Crippen LogP contribution >= 0.6 is 0 Å². The lowest BCUT2D eigenvalue weighted by atomic mass is 9.88. The van der Waals surface area contributed by atoms with E-state index in [1.807, 2.05) is 0 Å². The van der Waals surface area contributed by atoms with Gasteiger partial charge in [0.2, 0.25) is 0 Å². The molecule has 1 rings (SSSR count). The third-order valence-corrected chi connectivity index (χ3v) is 4.38.